The Labute approximate surface area is 105 Å². The molecule has 1 atom stereocenters. The van der Waals surface area contributed by atoms with Crippen LogP contribution in [0.5, 0.6) is 0 Å². The lowest BCUT2D eigenvalue weighted by Crippen LogP contribution is -2.46. The molecule has 0 radical (unpaired) electrons. The normalized spacial score (nSPS) is 15.5. The van der Waals surface area contributed by atoms with Crippen LogP contribution in [0.1, 0.15) is 20.3 Å². The highest BCUT2D eigenvalue weighted by molar-refractivity contribution is 7.89. The van der Waals surface area contributed by atoms with Crippen molar-refractivity contribution in [2.24, 2.45) is 0 Å². The van der Waals surface area contributed by atoms with E-state index in [9.17, 15) is 12.8 Å². The van der Waals surface area contributed by atoms with Crippen molar-refractivity contribution in [1.82, 2.24) is 9.71 Å². The average Bonchev–Trinajstić information content (AvgIpc) is 2.28. The van der Waals surface area contributed by atoms with Gasteiger partial charge in [0.1, 0.15) is 10.7 Å². The van der Waals surface area contributed by atoms with Crippen molar-refractivity contribution in [3.63, 3.8) is 0 Å². The van der Waals surface area contributed by atoms with E-state index in [0.29, 0.717) is 6.42 Å². The summed E-state index contributed by atoms with van der Waals surface area (Å²) >= 11 is 5.72. The lowest BCUT2D eigenvalue weighted by atomic mass is 10.0. The largest absolute Gasteiger partial charge is 0.260 e. The minimum absolute atomic E-state index is 0.130. The van der Waals surface area contributed by atoms with Crippen molar-refractivity contribution in [3.05, 3.63) is 24.3 Å². The van der Waals surface area contributed by atoms with Crippen LogP contribution in [0.25, 0.3) is 0 Å². The lowest BCUT2D eigenvalue weighted by molar-refractivity contribution is 0.444. The third-order valence-corrected chi connectivity index (χ3v) is 4.64. The van der Waals surface area contributed by atoms with Gasteiger partial charge in [-0.1, -0.05) is 6.92 Å². The number of halogens is 2. The highest BCUT2D eigenvalue weighted by atomic mass is 35.5. The number of aromatic nitrogens is 1. The molecule has 0 aromatic carbocycles. The second-order valence-corrected chi connectivity index (χ2v) is 5.94. The number of nitrogens with zero attached hydrogens (tertiary/aromatic N) is 1. The van der Waals surface area contributed by atoms with Gasteiger partial charge in [-0.3, -0.25) is 4.98 Å². The lowest BCUT2D eigenvalue weighted by Gasteiger charge is -2.26. The highest BCUT2D eigenvalue weighted by Gasteiger charge is 2.28. The minimum Gasteiger partial charge on any atom is -0.260 e. The SMILES string of the molecule is CCC(C)(CCl)NS(=O)(=O)c1cncc(F)c1. The molecule has 1 unspecified atom stereocenters. The fraction of sp³-hybridized carbons (Fsp3) is 0.500. The summed E-state index contributed by atoms with van der Waals surface area (Å²) in [7, 11) is -3.80. The molecule has 17 heavy (non-hydrogen) atoms. The van der Waals surface area contributed by atoms with Crippen LogP contribution in [0, 0.1) is 5.82 Å². The van der Waals surface area contributed by atoms with Gasteiger partial charge in [-0.05, 0) is 19.4 Å². The van der Waals surface area contributed by atoms with Gasteiger partial charge in [0.2, 0.25) is 10.0 Å². The molecule has 1 heterocycles. The van der Waals surface area contributed by atoms with Gasteiger partial charge in [0, 0.05) is 17.6 Å². The van der Waals surface area contributed by atoms with Crippen LogP contribution in [0.4, 0.5) is 4.39 Å². The predicted octanol–water partition coefficient (Wildman–Crippen LogP) is 1.91. The maximum Gasteiger partial charge on any atom is 0.242 e. The van der Waals surface area contributed by atoms with Crippen LogP contribution in [-0.4, -0.2) is 24.8 Å². The van der Waals surface area contributed by atoms with E-state index in [-0.39, 0.29) is 10.8 Å². The molecule has 0 saturated carbocycles. The molecule has 0 fully saturated rings. The van der Waals surface area contributed by atoms with Gasteiger partial charge >= 0.3 is 0 Å². The molecule has 1 N–H and O–H groups in total. The van der Waals surface area contributed by atoms with E-state index in [1.54, 1.807) is 6.92 Å². The summed E-state index contributed by atoms with van der Waals surface area (Å²) in [5.41, 5.74) is -0.757. The van der Waals surface area contributed by atoms with Crippen LogP contribution in [0.15, 0.2) is 23.4 Å². The maximum atomic E-state index is 12.9. The van der Waals surface area contributed by atoms with E-state index in [1.165, 1.54) is 0 Å². The fourth-order valence-corrected chi connectivity index (χ4v) is 2.90. The Morgan fingerprint density at radius 2 is 2.18 bits per heavy atom. The van der Waals surface area contributed by atoms with E-state index >= 15 is 0 Å². The molecule has 0 amide bonds. The fourth-order valence-electron chi connectivity index (χ4n) is 1.12. The molecule has 1 aromatic rings. The van der Waals surface area contributed by atoms with E-state index in [2.05, 4.69) is 9.71 Å². The first-order chi connectivity index (χ1) is 7.83. The molecular weight excluding hydrogens is 267 g/mol. The van der Waals surface area contributed by atoms with Gasteiger partial charge < -0.3 is 0 Å². The summed E-state index contributed by atoms with van der Waals surface area (Å²) < 4.78 is 39.2. The molecule has 96 valence electrons. The van der Waals surface area contributed by atoms with Crippen molar-refractivity contribution in [1.29, 1.82) is 0 Å². The first kappa shape index (κ1) is 14.3. The zero-order valence-corrected chi connectivity index (χ0v) is 11.1. The molecular formula is C10H14ClFN2O2S. The summed E-state index contributed by atoms with van der Waals surface area (Å²) in [6, 6.07) is 0.916. The van der Waals surface area contributed by atoms with Crippen LogP contribution in [0.2, 0.25) is 0 Å². The van der Waals surface area contributed by atoms with E-state index in [0.717, 1.165) is 18.5 Å². The zero-order valence-electron chi connectivity index (χ0n) is 9.57. The Hall–Kier alpha value is -0.720. The molecule has 0 saturated heterocycles. The standard InChI is InChI=1S/C10H14ClFN2O2S/c1-3-10(2,7-11)14-17(15,16)9-4-8(12)5-13-6-9/h4-6,14H,3,7H2,1-2H3. The Kier molecular flexibility index (Phi) is 4.46. The summed E-state index contributed by atoms with van der Waals surface area (Å²) in [6.07, 6.45) is 2.56. The third kappa shape index (κ3) is 3.62. The molecule has 0 aliphatic rings. The van der Waals surface area contributed by atoms with E-state index < -0.39 is 21.4 Å². The Morgan fingerprint density at radius 3 is 2.65 bits per heavy atom. The van der Waals surface area contributed by atoms with Crippen molar-refractivity contribution in [2.45, 2.75) is 30.7 Å². The summed E-state index contributed by atoms with van der Waals surface area (Å²) in [5, 5.41) is 0. The molecule has 1 aromatic heterocycles. The van der Waals surface area contributed by atoms with Gasteiger partial charge in [0.15, 0.2) is 0 Å². The van der Waals surface area contributed by atoms with Gasteiger partial charge in [-0.2, -0.15) is 0 Å². The van der Waals surface area contributed by atoms with Crippen molar-refractivity contribution >= 4 is 21.6 Å². The second kappa shape index (κ2) is 5.29. The summed E-state index contributed by atoms with van der Waals surface area (Å²) in [5.74, 6) is -0.567. The minimum atomic E-state index is -3.80. The first-order valence-corrected chi connectivity index (χ1v) is 7.05. The maximum absolute atomic E-state index is 12.9. The molecule has 0 spiro atoms. The van der Waals surface area contributed by atoms with Crippen molar-refractivity contribution in [3.8, 4) is 0 Å². The van der Waals surface area contributed by atoms with Crippen LogP contribution >= 0.6 is 11.6 Å². The molecule has 4 nitrogen and oxygen atoms in total. The number of nitrogens with one attached hydrogen (secondary N) is 1. The first-order valence-electron chi connectivity index (χ1n) is 5.03. The summed E-state index contributed by atoms with van der Waals surface area (Å²) in [4.78, 5) is 3.30. The topological polar surface area (TPSA) is 59.1 Å². The van der Waals surface area contributed by atoms with Crippen molar-refractivity contribution in [2.75, 3.05) is 5.88 Å². The van der Waals surface area contributed by atoms with E-state index in [1.807, 2.05) is 6.92 Å². The predicted molar refractivity (Wildman–Crippen MR) is 63.9 cm³/mol. The number of hydrogen-bond donors (Lipinski definition) is 1. The Balaban J connectivity index is 3.05. The zero-order chi connectivity index (χ0) is 13.1. The Morgan fingerprint density at radius 1 is 1.53 bits per heavy atom. The summed E-state index contributed by atoms with van der Waals surface area (Å²) in [6.45, 7) is 3.50. The van der Waals surface area contributed by atoms with Crippen LogP contribution < -0.4 is 4.72 Å². The van der Waals surface area contributed by atoms with Gasteiger partial charge in [-0.25, -0.2) is 17.5 Å². The van der Waals surface area contributed by atoms with Crippen LogP contribution in [-0.2, 0) is 10.0 Å². The van der Waals surface area contributed by atoms with Gasteiger partial charge in [0.05, 0.1) is 6.20 Å². The monoisotopic (exact) mass is 280 g/mol. The van der Waals surface area contributed by atoms with Gasteiger partial charge in [-0.15, -0.1) is 11.6 Å². The number of hydrogen-bond acceptors (Lipinski definition) is 3. The molecule has 1 rings (SSSR count). The third-order valence-electron chi connectivity index (χ3n) is 2.45. The second-order valence-electron chi connectivity index (χ2n) is 3.99. The van der Waals surface area contributed by atoms with Crippen LogP contribution in [0.3, 0.4) is 0 Å². The average molecular weight is 281 g/mol. The number of rotatable bonds is 5. The molecule has 0 aliphatic carbocycles. The number of pyridine rings is 1. The van der Waals surface area contributed by atoms with Crippen molar-refractivity contribution < 1.29 is 12.8 Å². The molecule has 7 heteroatoms. The smallest absolute Gasteiger partial charge is 0.242 e. The quantitative estimate of drug-likeness (QED) is 0.838. The van der Waals surface area contributed by atoms with Gasteiger partial charge in [0.25, 0.3) is 0 Å². The molecule has 0 bridgehead atoms. The highest BCUT2D eigenvalue weighted by Crippen LogP contribution is 2.17. The number of sulfonamides is 1. The molecule has 0 aliphatic heterocycles. The Bertz CT molecular complexity index is 489. The van der Waals surface area contributed by atoms with E-state index in [4.69, 9.17) is 11.6 Å². The number of alkyl halides is 1.